The summed E-state index contributed by atoms with van der Waals surface area (Å²) in [5.41, 5.74) is 2.81. The monoisotopic (exact) mass is 497 g/mol. The number of hydrogen-bond donors (Lipinski definition) is 1. The Morgan fingerprint density at radius 2 is 1.69 bits per heavy atom. The van der Waals surface area contributed by atoms with Gasteiger partial charge in [-0.2, -0.15) is 13.2 Å². The molecular formula is C26H26F3N5O2. The molecule has 3 aliphatic rings. The molecule has 1 aromatic heterocycles. The van der Waals surface area contributed by atoms with E-state index in [1.165, 1.54) is 17.0 Å². The van der Waals surface area contributed by atoms with Crippen LogP contribution >= 0.6 is 0 Å². The van der Waals surface area contributed by atoms with Crippen molar-refractivity contribution >= 4 is 28.5 Å². The molecule has 0 spiro atoms. The lowest BCUT2D eigenvalue weighted by atomic mass is 9.98. The Balaban J connectivity index is 1.09. The number of H-pyrrole nitrogens is 1. The van der Waals surface area contributed by atoms with E-state index in [1.54, 1.807) is 11.0 Å². The average Bonchev–Trinajstić information content (AvgIpc) is 3.37. The molecule has 6 rings (SSSR count). The third-order valence-corrected chi connectivity index (χ3v) is 7.56. The fourth-order valence-electron chi connectivity index (χ4n) is 5.66. The Hall–Kier alpha value is -3.53. The van der Waals surface area contributed by atoms with Gasteiger partial charge in [0.1, 0.15) is 0 Å². The van der Waals surface area contributed by atoms with E-state index >= 15 is 0 Å². The van der Waals surface area contributed by atoms with Crippen LogP contribution in [-0.4, -0.2) is 77.4 Å². The number of nitrogens with zero attached hydrogens (tertiary/aromatic N) is 4. The number of fused-ring (bicyclic) bond motifs is 5. The number of para-hydroxylation sites is 1. The molecular weight excluding hydrogens is 471 g/mol. The Kier molecular flexibility index (Phi) is 5.44. The van der Waals surface area contributed by atoms with Crippen LogP contribution in [0.5, 0.6) is 0 Å². The highest BCUT2D eigenvalue weighted by molar-refractivity contribution is 6.05. The summed E-state index contributed by atoms with van der Waals surface area (Å²) in [4.78, 5) is 36.9. The van der Waals surface area contributed by atoms with Crippen LogP contribution in [0.15, 0.2) is 48.5 Å². The highest BCUT2D eigenvalue weighted by Crippen LogP contribution is 2.39. The number of nitrogens with one attached hydrogen (secondary N) is 1. The summed E-state index contributed by atoms with van der Waals surface area (Å²) in [7, 11) is 0. The summed E-state index contributed by atoms with van der Waals surface area (Å²) >= 11 is 0. The molecule has 2 aromatic carbocycles. The van der Waals surface area contributed by atoms with Gasteiger partial charge < -0.3 is 14.8 Å². The fourth-order valence-corrected chi connectivity index (χ4v) is 5.66. The summed E-state index contributed by atoms with van der Waals surface area (Å²) in [6.07, 6.45) is -3.66. The van der Waals surface area contributed by atoms with Gasteiger partial charge in [0, 0.05) is 62.4 Å². The van der Waals surface area contributed by atoms with E-state index in [0.29, 0.717) is 57.9 Å². The van der Waals surface area contributed by atoms with Gasteiger partial charge >= 0.3 is 12.2 Å². The molecule has 0 bridgehead atoms. The second kappa shape index (κ2) is 8.55. The molecule has 1 atom stereocenters. The lowest BCUT2D eigenvalue weighted by Gasteiger charge is -2.36. The van der Waals surface area contributed by atoms with Crippen molar-refractivity contribution in [2.75, 3.05) is 50.7 Å². The van der Waals surface area contributed by atoms with Gasteiger partial charge in [-0.15, -0.1) is 0 Å². The van der Waals surface area contributed by atoms with E-state index in [-0.39, 0.29) is 11.9 Å². The summed E-state index contributed by atoms with van der Waals surface area (Å²) in [6.45, 7) is 3.79. The molecule has 1 unspecified atom stereocenters. The number of hydrogen-bond acceptors (Lipinski definition) is 4. The van der Waals surface area contributed by atoms with Crippen LogP contribution in [0.3, 0.4) is 0 Å². The fraction of sp³-hybridized carbons (Fsp3) is 0.385. The van der Waals surface area contributed by atoms with Crippen molar-refractivity contribution in [1.29, 1.82) is 0 Å². The standard InChI is InChI=1S/C26H26F3N5O2/c27-26(28,29)17-4-3-5-18(16-17)32-13-10-31(11-14-32)12-15-34-24(35)23-22-20(8-9-33(23)25(34)36)19-6-1-2-7-21(19)30-22/h1-7,16,23,30H,8-15H2. The first-order chi connectivity index (χ1) is 17.3. The van der Waals surface area contributed by atoms with Gasteiger partial charge in [0.15, 0.2) is 6.04 Å². The van der Waals surface area contributed by atoms with E-state index in [0.717, 1.165) is 28.2 Å². The van der Waals surface area contributed by atoms with Crippen molar-refractivity contribution in [3.63, 3.8) is 0 Å². The van der Waals surface area contributed by atoms with Crippen LogP contribution in [0.25, 0.3) is 10.9 Å². The van der Waals surface area contributed by atoms with Crippen molar-refractivity contribution in [2.45, 2.75) is 18.6 Å². The molecule has 2 saturated heterocycles. The van der Waals surface area contributed by atoms with Crippen LogP contribution in [0.2, 0.25) is 0 Å². The third-order valence-electron chi connectivity index (χ3n) is 7.56. The average molecular weight is 498 g/mol. The number of aromatic amines is 1. The minimum atomic E-state index is -4.37. The molecule has 1 N–H and O–H groups in total. The summed E-state index contributed by atoms with van der Waals surface area (Å²) in [5, 5.41) is 1.10. The zero-order chi connectivity index (χ0) is 25.0. The smallest absolute Gasteiger partial charge is 0.369 e. The van der Waals surface area contributed by atoms with Crippen molar-refractivity contribution in [1.82, 2.24) is 19.7 Å². The molecule has 0 saturated carbocycles. The lowest BCUT2D eigenvalue weighted by molar-refractivity contribution is -0.137. The Bertz CT molecular complexity index is 1330. The topological polar surface area (TPSA) is 62.9 Å². The van der Waals surface area contributed by atoms with Crippen LogP contribution in [0.4, 0.5) is 23.7 Å². The van der Waals surface area contributed by atoms with E-state index < -0.39 is 17.8 Å². The zero-order valence-electron chi connectivity index (χ0n) is 19.6. The normalized spacial score (nSPS) is 20.9. The van der Waals surface area contributed by atoms with Gasteiger partial charge in [-0.1, -0.05) is 24.3 Å². The number of alkyl halides is 3. The number of amides is 3. The Morgan fingerprint density at radius 1 is 0.917 bits per heavy atom. The molecule has 0 radical (unpaired) electrons. The number of aromatic nitrogens is 1. The highest BCUT2D eigenvalue weighted by atomic mass is 19.4. The molecule has 3 aromatic rings. The van der Waals surface area contributed by atoms with E-state index in [1.807, 2.05) is 29.2 Å². The quantitative estimate of drug-likeness (QED) is 0.556. The molecule has 0 aliphatic carbocycles. The molecule has 7 nitrogen and oxygen atoms in total. The number of carbonyl (C=O) groups is 2. The minimum absolute atomic E-state index is 0.199. The number of carbonyl (C=O) groups excluding carboxylic acids is 2. The van der Waals surface area contributed by atoms with Crippen LogP contribution in [0, 0.1) is 0 Å². The number of benzene rings is 2. The second-order valence-corrected chi connectivity index (χ2v) is 9.56. The first-order valence-corrected chi connectivity index (χ1v) is 12.2. The maximum Gasteiger partial charge on any atom is 0.416 e. The van der Waals surface area contributed by atoms with Gasteiger partial charge in [-0.3, -0.25) is 14.6 Å². The molecule has 3 amide bonds. The van der Waals surface area contributed by atoms with Crippen LogP contribution < -0.4 is 4.90 Å². The SMILES string of the molecule is O=C1C2c3[nH]c4ccccc4c3CCN2C(=O)N1CCN1CCN(c2cccc(C(F)(F)F)c2)CC1. The molecule has 2 fully saturated rings. The van der Waals surface area contributed by atoms with E-state index in [9.17, 15) is 22.8 Å². The van der Waals surface area contributed by atoms with Gasteiger partial charge in [0.2, 0.25) is 0 Å². The third kappa shape index (κ3) is 3.80. The number of urea groups is 1. The van der Waals surface area contributed by atoms with Gasteiger partial charge in [-0.05, 0) is 36.2 Å². The number of piperazine rings is 1. The number of anilines is 1. The second-order valence-electron chi connectivity index (χ2n) is 9.56. The molecule has 10 heteroatoms. The van der Waals surface area contributed by atoms with E-state index in [2.05, 4.69) is 9.88 Å². The van der Waals surface area contributed by atoms with Gasteiger partial charge in [0.25, 0.3) is 5.91 Å². The number of imide groups is 1. The number of halogens is 3. The van der Waals surface area contributed by atoms with Crippen molar-refractivity contribution in [2.24, 2.45) is 0 Å². The lowest BCUT2D eigenvalue weighted by Crippen LogP contribution is -2.49. The molecule has 3 aliphatic heterocycles. The number of rotatable bonds is 4. The summed E-state index contributed by atoms with van der Waals surface area (Å²) < 4.78 is 39.2. The van der Waals surface area contributed by atoms with Gasteiger partial charge in [-0.25, -0.2) is 4.79 Å². The zero-order valence-corrected chi connectivity index (χ0v) is 19.6. The minimum Gasteiger partial charge on any atom is -0.369 e. The van der Waals surface area contributed by atoms with Crippen molar-refractivity contribution < 1.29 is 22.8 Å². The predicted molar refractivity (Wildman–Crippen MR) is 129 cm³/mol. The molecule has 4 heterocycles. The van der Waals surface area contributed by atoms with E-state index in [4.69, 9.17) is 0 Å². The molecule has 36 heavy (non-hydrogen) atoms. The Labute approximate surface area is 206 Å². The van der Waals surface area contributed by atoms with Crippen molar-refractivity contribution in [3.8, 4) is 0 Å². The highest BCUT2D eigenvalue weighted by Gasteiger charge is 2.49. The predicted octanol–water partition coefficient (Wildman–Crippen LogP) is 3.87. The first kappa shape index (κ1) is 22.9. The molecule has 188 valence electrons. The van der Waals surface area contributed by atoms with Gasteiger partial charge in [0.05, 0.1) is 11.3 Å². The first-order valence-electron chi connectivity index (χ1n) is 12.2. The largest absolute Gasteiger partial charge is 0.416 e. The van der Waals surface area contributed by atoms with Crippen LogP contribution in [0.1, 0.15) is 22.9 Å². The van der Waals surface area contributed by atoms with Crippen LogP contribution in [-0.2, 0) is 17.4 Å². The summed E-state index contributed by atoms with van der Waals surface area (Å²) in [6, 6.07) is 12.5. The maximum absolute atomic E-state index is 13.3. The van der Waals surface area contributed by atoms with Crippen molar-refractivity contribution in [3.05, 3.63) is 65.4 Å². The summed E-state index contributed by atoms with van der Waals surface area (Å²) in [5.74, 6) is -0.199. The maximum atomic E-state index is 13.3. The Morgan fingerprint density at radius 3 is 2.47 bits per heavy atom.